The molecule has 0 aliphatic heterocycles. The van der Waals surface area contributed by atoms with Crippen molar-refractivity contribution < 1.29 is 4.74 Å². The maximum Gasteiger partial charge on any atom is 0.119 e. The maximum absolute atomic E-state index is 6.23. The van der Waals surface area contributed by atoms with Gasteiger partial charge in [-0.25, -0.2) is 4.98 Å². The summed E-state index contributed by atoms with van der Waals surface area (Å²) in [6.45, 7) is 6.35. The van der Waals surface area contributed by atoms with Gasteiger partial charge >= 0.3 is 0 Å². The van der Waals surface area contributed by atoms with E-state index in [1.54, 1.807) is 7.11 Å². The first-order chi connectivity index (χ1) is 15.2. The zero-order valence-electron chi connectivity index (χ0n) is 18.0. The number of hydrogen-bond acceptors (Lipinski definition) is 5. The summed E-state index contributed by atoms with van der Waals surface area (Å²) in [5, 5.41) is 8.69. The van der Waals surface area contributed by atoms with Gasteiger partial charge in [0, 0.05) is 40.3 Å². The lowest BCUT2D eigenvalue weighted by atomic mass is 10.1. The van der Waals surface area contributed by atoms with E-state index in [2.05, 4.69) is 40.7 Å². The summed E-state index contributed by atoms with van der Waals surface area (Å²) in [5.74, 6) is 0.829. The van der Waals surface area contributed by atoms with E-state index in [9.17, 15) is 0 Å². The van der Waals surface area contributed by atoms with Gasteiger partial charge in [-0.1, -0.05) is 24.6 Å². The number of fused-ring (bicyclic) bond motifs is 2. The van der Waals surface area contributed by atoms with Crippen molar-refractivity contribution in [2.45, 2.75) is 26.3 Å². The molecule has 4 aromatic rings. The molecule has 2 aromatic heterocycles. The number of aromatic nitrogens is 1. The Morgan fingerprint density at radius 1 is 1.06 bits per heavy atom. The molecule has 4 rings (SSSR count). The highest BCUT2D eigenvalue weighted by atomic mass is 35.5. The average Bonchev–Trinajstić information content (AvgIpc) is 3.28. The number of nitrogens with one attached hydrogen (secondary N) is 1. The van der Waals surface area contributed by atoms with Gasteiger partial charge in [-0.15, -0.1) is 11.3 Å². The van der Waals surface area contributed by atoms with Gasteiger partial charge in [0.05, 0.1) is 23.8 Å². The monoisotopic (exact) mass is 453 g/mol. The molecule has 4 nitrogen and oxygen atoms in total. The van der Waals surface area contributed by atoms with Crippen LogP contribution in [0.3, 0.4) is 0 Å². The van der Waals surface area contributed by atoms with Gasteiger partial charge in [0.15, 0.2) is 0 Å². The van der Waals surface area contributed by atoms with E-state index in [-0.39, 0.29) is 0 Å². The fourth-order valence-corrected chi connectivity index (χ4v) is 4.85. The van der Waals surface area contributed by atoms with Crippen LogP contribution in [-0.2, 0) is 6.54 Å². The number of pyridine rings is 1. The largest absolute Gasteiger partial charge is 0.497 e. The quantitative estimate of drug-likeness (QED) is 0.211. The second-order valence-electron chi connectivity index (χ2n) is 7.67. The van der Waals surface area contributed by atoms with Gasteiger partial charge in [0.2, 0.25) is 0 Å². The average molecular weight is 454 g/mol. The third kappa shape index (κ3) is 5.29. The third-order valence-corrected chi connectivity index (χ3v) is 6.49. The van der Waals surface area contributed by atoms with Crippen LogP contribution < -0.4 is 10.1 Å². The molecule has 0 saturated carbocycles. The van der Waals surface area contributed by atoms with E-state index in [1.807, 2.05) is 41.7 Å². The predicted molar refractivity (Wildman–Crippen MR) is 134 cm³/mol. The molecule has 0 amide bonds. The van der Waals surface area contributed by atoms with E-state index in [1.165, 1.54) is 11.3 Å². The van der Waals surface area contributed by atoms with Gasteiger partial charge in [-0.05, 0) is 67.2 Å². The number of nitrogens with zero attached hydrogens (tertiary/aromatic N) is 2. The standard InChI is InChI=1S/C25H28ClN3OS/c1-3-12-29(17-20-6-4-14-31-20)13-5-11-27-25-21-9-7-18(26)15-24(21)28-23-10-8-19(30-2)16-22(23)25/h4,6-10,14-16H,3,5,11-13,17H2,1-2H3,(H,27,28). The van der Waals surface area contributed by atoms with E-state index in [0.29, 0.717) is 5.02 Å². The highest BCUT2D eigenvalue weighted by Gasteiger charge is 2.11. The lowest BCUT2D eigenvalue weighted by molar-refractivity contribution is 0.267. The van der Waals surface area contributed by atoms with Gasteiger partial charge in [-0.3, -0.25) is 4.90 Å². The molecule has 0 radical (unpaired) electrons. The molecule has 2 heterocycles. The first-order valence-corrected chi connectivity index (χ1v) is 12.0. The van der Waals surface area contributed by atoms with Crippen LogP contribution in [0, 0.1) is 0 Å². The Labute approximate surface area is 192 Å². The van der Waals surface area contributed by atoms with Crippen LogP contribution in [-0.4, -0.2) is 36.6 Å². The highest BCUT2D eigenvalue weighted by molar-refractivity contribution is 7.09. The lowest BCUT2D eigenvalue weighted by Gasteiger charge is -2.21. The molecule has 31 heavy (non-hydrogen) atoms. The Kier molecular flexibility index (Phi) is 7.28. The number of ether oxygens (including phenoxy) is 1. The molecule has 1 N–H and O–H groups in total. The fourth-order valence-electron chi connectivity index (χ4n) is 3.94. The number of halogens is 1. The number of methoxy groups -OCH3 is 1. The Morgan fingerprint density at radius 2 is 1.97 bits per heavy atom. The van der Waals surface area contributed by atoms with Crippen molar-refractivity contribution in [1.29, 1.82) is 0 Å². The summed E-state index contributed by atoms with van der Waals surface area (Å²) in [6, 6.07) is 16.3. The van der Waals surface area contributed by atoms with Gasteiger partial charge < -0.3 is 10.1 Å². The molecule has 0 unspecified atom stereocenters. The van der Waals surface area contributed by atoms with Crippen LogP contribution in [0.15, 0.2) is 53.9 Å². The number of rotatable bonds is 10. The van der Waals surface area contributed by atoms with Crippen LogP contribution in [0.1, 0.15) is 24.6 Å². The summed E-state index contributed by atoms with van der Waals surface area (Å²) >= 11 is 8.07. The minimum Gasteiger partial charge on any atom is -0.497 e. The normalized spacial score (nSPS) is 11.5. The van der Waals surface area contributed by atoms with Crippen molar-refractivity contribution in [3.05, 3.63) is 63.8 Å². The lowest BCUT2D eigenvalue weighted by Crippen LogP contribution is -2.26. The van der Waals surface area contributed by atoms with Gasteiger partial charge in [0.1, 0.15) is 5.75 Å². The van der Waals surface area contributed by atoms with Crippen LogP contribution in [0.4, 0.5) is 5.69 Å². The SMILES string of the molecule is CCCN(CCCNc1c2ccc(Cl)cc2nc2ccc(OC)cc12)Cc1cccs1. The predicted octanol–water partition coefficient (Wildman–Crippen LogP) is 6.83. The minimum absolute atomic E-state index is 0.697. The van der Waals surface area contributed by atoms with Gasteiger partial charge in [-0.2, -0.15) is 0 Å². The maximum atomic E-state index is 6.23. The Hall–Kier alpha value is -2.34. The third-order valence-electron chi connectivity index (χ3n) is 5.40. The number of benzene rings is 2. The number of thiophene rings is 1. The van der Waals surface area contributed by atoms with E-state index in [0.717, 1.165) is 65.8 Å². The molecule has 162 valence electrons. The first kappa shape index (κ1) is 21.9. The topological polar surface area (TPSA) is 37.4 Å². The Bertz CT molecular complexity index is 1150. The molecule has 0 bridgehead atoms. The van der Waals surface area contributed by atoms with Crippen LogP contribution in [0.2, 0.25) is 5.02 Å². The first-order valence-electron chi connectivity index (χ1n) is 10.7. The van der Waals surface area contributed by atoms with E-state index < -0.39 is 0 Å². The molecule has 2 aromatic carbocycles. The number of anilines is 1. The van der Waals surface area contributed by atoms with Crippen LogP contribution in [0.25, 0.3) is 21.8 Å². The molecular weight excluding hydrogens is 426 g/mol. The van der Waals surface area contributed by atoms with E-state index >= 15 is 0 Å². The molecule has 0 aliphatic carbocycles. The van der Waals surface area contributed by atoms with Crippen molar-refractivity contribution in [2.75, 3.05) is 32.1 Å². The van der Waals surface area contributed by atoms with Crippen molar-refractivity contribution in [3.63, 3.8) is 0 Å². The highest BCUT2D eigenvalue weighted by Crippen LogP contribution is 2.34. The summed E-state index contributed by atoms with van der Waals surface area (Å²) in [6.07, 6.45) is 2.23. The van der Waals surface area contributed by atoms with Crippen molar-refractivity contribution in [3.8, 4) is 5.75 Å². The molecule has 6 heteroatoms. The van der Waals surface area contributed by atoms with Crippen molar-refractivity contribution in [1.82, 2.24) is 9.88 Å². The molecule has 0 saturated heterocycles. The van der Waals surface area contributed by atoms with Crippen molar-refractivity contribution >= 4 is 50.4 Å². The smallest absolute Gasteiger partial charge is 0.119 e. The molecule has 0 fully saturated rings. The minimum atomic E-state index is 0.697. The summed E-state index contributed by atoms with van der Waals surface area (Å²) in [5.41, 5.74) is 2.93. The second kappa shape index (κ2) is 10.3. The van der Waals surface area contributed by atoms with Crippen molar-refractivity contribution in [2.24, 2.45) is 0 Å². The molecule has 0 spiro atoms. The Morgan fingerprint density at radius 3 is 2.74 bits per heavy atom. The van der Waals surface area contributed by atoms with Gasteiger partial charge in [0.25, 0.3) is 0 Å². The number of hydrogen-bond donors (Lipinski definition) is 1. The summed E-state index contributed by atoms with van der Waals surface area (Å²) in [7, 11) is 1.69. The molecule has 0 aliphatic rings. The zero-order chi connectivity index (χ0) is 21.6. The zero-order valence-corrected chi connectivity index (χ0v) is 19.6. The fraction of sp³-hybridized carbons (Fsp3) is 0.320. The van der Waals surface area contributed by atoms with Crippen LogP contribution in [0.5, 0.6) is 5.75 Å². The molecule has 0 atom stereocenters. The summed E-state index contributed by atoms with van der Waals surface area (Å²) < 4.78 is 5.46. The van der Waals surface area contributed by atoms with E-state index in [4.69, 9.17) is 21.3 Å². The summed E-state index contributed by atoms with van der Waals surface area (Å²) in [4.78, 5) is 8.78. The molecular formula is C25H28ClN3OS. The second-order valence-corrected chi connectivity index (χ2v) is 9.14. The van der Waals surface area contributed by atoms with Crippen LogP contribution >= 0.6 is 22.9 Å². The Balaban J connectivity index is 1.53.